The smallest absolute Gasteiger partial charge is 0.255 e. The summed E-state index contributed by atoms with van der Waals surface area (Å²) in [6.45, 7) is 1.18. The van der Waals surface area contributed by atoms with Crippen LogP contribution in [0.2, 0.25) is 5.02 Å². The summed E-state index contributed by atoms with van der Waals surface area (Å²) < 4.78 is 5.38. The molecule has 118 valence electrons. The monoisotopic (exact) mass is 340 g/mol. The molecule has 0 aliphatic heterocycles. The zero-order valence-electron chi connectivity index (χ0n) is 11.9. The second-order valence-electron chi connectivity index (χ2n) is 4.60. The predicted octanol–water partition coefficient (Wildman–Crippen LogP) is 2.92. The molecule has 2 aromatic rings. The van der Waals surface area contributed by atoms with Gasteiger partial charge in [-0.2, -0.15) is 0 Å². The number of rotatable bonds is 7. The van der Waals surface area contributed by atoms with Crippen LogP contribution in [0.25, 0.3) is 0 Å². The second-order valence-corrected chi connectivity index (χ2v) is 5.03. The first-order valence-corrected chi connectivity index (χ1v) is 6.97. The summed E-state index contributed by atoms with van der Waals surface area (Å²) in [5.41, 5.74) is 7.17. The molecule has 0 saturated carbocycles. The van der Waals surface area contributed by atoms with Crippen LogP contribution in [0.3, 0.4) is 0 Å². The summed E-state index contributed by atoms with van der Waals surface area (Å²) in [6.07, 6.45) is 0. The summed E-state index contributed by atoms with van der Waals surface area (Å²) in [7, 11) is 0. The lowest BCUT2D eigenvalue weighted by Crippen LogP contribution is -2.21. The Balaban J connectivity index is 0.00000242. The van der Waals surface area contributed by atoms with Crippen molar-refractivity contribution in [3.63, 3.8) is 0 Å². The number of carbonyl (C=O) groups excluding carboxylic acids is 1. The largest absolute Gasteiger partial charge is 0.483 e. The molecule has 0 aromatic heterocycles. The third-order valence-corrected chi connectivity index (χ3v) is 3.11. The van der Waals surface area contributed by atoms with E-state index >= 15 is 0 Å². The molecule has 0 aliphatic carbocycles. The van der Waals surface area contributed by atoms with Crippen LogP contribution in [0.15, 0.2) is 48.5 Å². The van der Waals surface area contributed by atoms with Gasteiger partial charge in [0, 0.05) is 23.7 Å². The topological polar surface area (TPSA) is 64.4 Å². The molecule has 6 heteroatoms. The van der Waals surface area contributed by atoms with Crippen molar-refractivity contribution < 1.29 is 9.53 Å². The molecular weight excluding hydrogens is 323 g/mol. The van der Waals surface area contributed by atoms with Gasteiger partial charge >= 0.3 is 0 Å². The van der Waals surface area contributed by atoms with Gasteiger partial charge in [0.15, 0.2) is 6.61 Å². The molecule has 2 aromatic carbocycles. The number of halogens is 2. The van der Waals surface area contributed by atoms with E-state index < -0.39 is 5.91 Å². The number of nitrogens with two attached hydrogens (primary N) is 1. The lowest BCUT2D eigenvalue weighted by Gasteiger charge is -2.12. The lowest BCUT2D eigenvalue weighted by atomic mass is 10.2. The number of hydrogen-bond donors (Lipinski definition) is 2. The van der Waals surface area contributed by atoms with Gasteiger partial charge in [-0.25, -0.2) is 0 Å². The van der Waals surface area contributed by atoms with Crippen molar-refractivity contribution >= 4 is 29.9 Å². The van der Waals surface area contributed by atoms with Crippen molar-refractivity contribution in [2.45, 2.75) is 13.1 Å². The fraction of sp³-hybridized carbons (Fsp3) is 0.188. The SMILES string of the molecule is Cl.NC(=O)COc1ccc(Cl)cc1CNCc1ccccc1. The van der Waals surface area contributed by atoms with E-state index in [0.29, 0.717) is 17.3 Å². The summed E-state index contributed by atoms with van der Waals surface area (Å²) in [4.78, 5) is 10.8. The molecule has 4 nitrogen and oxygen atoms in total. The summed E-state index contributed by atoms with van der Waals surface area (Å²) in [5.74, 6) is 0.104. The highest BCUT2D eigenvalue weighted by Crippen LogP contribution is 2.23. The van der Waals surface area contributed by atoms with E-state index in [0.717, 1.165) is 12.1 Å². The summed E-state index contributed by atoms with van der Waals surface area (Å²) in [6, 6.07) is 15.4. The standard InChI is InChI=1S/C16H17ClN2O2.ClH/c17-14-6-7-15(21-11-16(18)20)13(8-14)10-19-9-12-4-2-1-3-5-12;/h1-8,19H,9-11H2,(H2,18,20);1H. The number of ether oxygens (including phenoxy) is 1. The Labute approximate surface area is 141 Å². The average Bonchev–Trinajstić information content (AvgIpc) is 2.47. The minimum absolute atomic E-state index is 0. The molecule has 1 amide bonds. The number of primary amides is 1. The van der Waals surface area contributed by atoms with Crippen molar-refractivity contribution in [3.05, 3.63) is 64.7 Å². The minimum atomic E-state index is -0.506. The fourth-order valence-corrected chi connectivity index (χ4v) is 2.11. The van der Waals surface area contributed by atoms with E-state index in [-0.39, 0.29) is 19.0 Å². The third-order valence-electron chi connectivity index (χ3n) is 2.88. The highest BCUT2D eigenvalue weighted by molar-refractivity contribution is 6.30. The van der Waals surface area contributed by atoms with Gasteiger partial charge in [0.2, 0.25) is 0 Å². The predicted molar refractivity (Wildman–Crippen MR) is 90.4 cm³/mol. The Morgan fingerprint density at radius 1 is 1.14 bits per heavy atom. The van der Waals surface area contributed by atoms with Gasteiger partial charge < -0.3 is 15.8 Å². The van der Waals surface area contributed by atoms with E-state index in [1.807, 2.05) is 24.3 Å². The third kappa shape index (κ3) is 5.93. The molecule has 0 spiro atoms. The first kappa shape index (κ1) is 18.3. The molecule has 3 N–H and O–H groups in total. The quantitative estimate of drug-likeness (QED) is 0.814. The van der Waals surface area contributed by atoms with Crippen LogP contribution in [0, 0.1) is 0 Å². The maximum Gasteiger partial charge on any atom is 0.255 e. The Hall–Kier alpha value is -1.75. The molecule has 0 atom stereocenters. The van der Waals surface area contributed by atoms with Gasteiger partial charge in [-0.1, -0.05) is 41.9 Å². The zero-order valence-corrected chi connectivity index (χ0v) is 13.5. The molecule has 0 fully saturated rings. The number of benzene rings is 2. The van der Waals surface area contributed by atoms with Crippen LogP contribution in [0.1, 0.15) is 11.1 Å². The van der Waals surface area contributed by atoms with Crippen molar-refractivity contribution in [2.24, 2.45) is 5.73 Å². The highest BCUT2D eigenvalue weighted by Gasteiger charge is 2.06. The molecule has 0 aliphatic rings. The van der Waals surface area contributed by atoms with Crippen LogP contribution in [-0.2, 0) is 17.9 Å². The molecule has 0 radical (unpaired) electrons. The molecule has 0 bridgehead atoms. The molecule has 0 unspecified atom stereocenters. The minimum Gasteiger partial charge on any atom is -0.483 e. The number of carbonyl (C=O) groups is 1. The summed E-state index contributed by atoms with van der Waals surface area (Å²) >= 11 is 6.00. The van der Waals surface area contributed by atoms with Crippen LogP contribution in [0.4, 0.5) is 0 Å². The fourth-order valence-electron chi connectivity index (χ4n) is 1.91. The van der Waals surface area contributed by atoms with Gasteiger partial charge in [-0.05, 0) is 23.8 Å². The molecule has 22 heavy (non-hydrogen) atoms. The van der Waals surface area contributed by atoms with Gasteiger partial charge in [0.05, 0.1) is 0 Å². The van der Waals surface area contributed by atoms with Crippen molar-refractivity contribution in [1.29, 1.82) is 0 Å². The molecule has 0 saturated heterocycles. The number of nitrogens with one attached hydrogen (secondary N) is 1. The van der Waals surface area contributed by atoms with Crippen molar-refractivity contribution in [1.82, 2.24) is 5.32 Å². The maximum absolute atomic E-state index is 10.8. The van der Waals surface area contributed by atoms with Crippen LogP contribution < -0.4 is 15.8 Å². The average molecular weight is 341 g/mol. The van der Waals surface area contributed by atoms with E-state index in [1.165, 1.54) is 5.56 Å². The van der Waals surface area contributed by atoms with Gasteiger partial charge in [-0.3, -0.25) is 4.79 Å². The zero-order chi connectivity index (χ0) is 15.1. The van der Waals surface area contributed by atoms with Crippen LogP contribution in [0.5, 0.6) is 5.75 Å². The van der Waals surface area contributed by atoms with Crippen LogP contribution in [-0.4, -0.2) is 12.5 Å². The van der Waals surface area contributed by atoms with E-state index in [2.05, 4.69) is 17.4 Å². The first-order chi connectivity index (χ1) is 10.1. The van der Waals surface area contributed by atoms with Crippen molar-refractivity contribution in [2.75, 3.05) is 6.61 Å². The summed E-state index contributed by atoms with van der Waals surface area (Å²) in [5, 5.41) is 3.94. The number of amides is 1. The molecule has 0 heterocycles. The number of hydrogen-bond acceptors (Lipinski definition) is 3. The Morgan fingerprint density at radius 2 is 1.86 bits per heavy atom. The first-order valence-electron chi connectivity index (χ1n) is 6.59. The molecule has 2 rings (SSSR count). The normalized spacial score (nSPS) is 9.86. The van der Waals surface area contributed by atoms with Gasteiger partial charge in [-0.15, -0.1) is 12.4 Å². The van der Waals surface area contributed by atoms with E-state index in [9.17, 15) is 4.79 Å². The molecular formula is C16H18Cl2N2O2. The Morgan fingerprint density at radius 3 is 2.55 bits per heavy atom. The highest BCUT2D eigenvalue weighted by atomic mass is 35.5. The Kier molecular flexibility index (Phi) is 7.74. The van der Waals surface area contributed by atoms with Gasteiger partial charge in [0.25, 0.3) is 5.91 Å². The van der Waals surface area contributed by atoms with Crippen molar-refractivity contribution in [3.8, 4) is 5.75 Å². The second kappa shape index (κ2) is 9.30. The maximum atomic E-state index is 10.8. The lowest BCUT2D eigenvalue weighted by molar-refractivity contribution is -0.119. The van der Waals surface area contributed by atoms with Gasteiger partial charge in [0.1, 0.15) is 5.75 Å². The van der Waals surface area contributed by atoms with E-state index in [4.69, 9.17) is 22.1 Å². The van der Waals surface area contributed by atoms with Crippen LogP contribution >= 0.6 is 24.0 Å². The van der Waals surface area contributed by atoms with E-state index in [1.54, 1.807) is 12.1 Å². The Bertz CT molecular complexity index is 606.